The van der Waals surface area contributed by atoms with E-state index in [0.717, 1.165) is 5.82 Å². The lowest BCUT2D eigenvalue weighted by atomic mass is 9.94. The van der Waals surface area contributed by atoms with Crippen LogP contribution in [0.1, 0.15) is 23.6 Å². The van der Waals surface area contributed by atoms with E-state index in [2.05, 4.69) is 55.3 Å². The van der Waals surface area contributed by atoms with Gasteiger partial charge < -0.3 is 5.32 Å². The van der Waals surface area contributed by atoms with Crippen LogP contribution < -0.4 is 5.32 Å². The molecule has 2 heteroatoms. The first kappa shape index (κ1) is 13.3. The third-order valence-corrected chi connectivity index (χ3v) is 3.12. The maximum Gasteiger partial charge on any atom is 0.130 e. The van der Waals surface area contributed by atoms with Crippen molar-refractivity contribution in [1.29, 1.82) is 0 Å². The molecule has 0 amide bonds. The molecule has 1 aromatic heterocycles. The number of allylic oxidation sites excluding steroid dienone is 1. The highest BCUT2D eigenvalue weighted by Crippen LogP contribution is 2.29. The molecule has 0 fully saturated rings. The van der Waals surface area contributed by atoms with E-state index in [9.17, 15) is 0 Å². The van der Waals surface area contributed by atoms with Crippen LogP contribution in [0.5, 0.6) is 0 Å². The van der Waals surface area contributed by atoms with E-state index < -0.39 is 0 Å². The summed E-state index contributed by atoms with van der Waals surface area (Å²) in [5, 5.41) is 3.16. The number of nitrogens with zero attached hydrogens (tertiary/aromatic N) is 1. The molecule has 0 aliphatic rings. The first-order chi connectivity index (χ1) is 9.11. The Hall–Kier alpha value is -2.09. The highest BCUT2D eigenvalue weighted by molar-refractivity contribution is 5.73. The first-order valence-corrected chi connectivity index (χ1v) is 6.54. The Bertz CT molecular complexity index is 589. The molecule has 19 heavy (non-hydrogen) atoms. The number of rotatable bonds is 3. The summed E-state index contributed by atoms with van der Waals surface area (Å²) in [6.45, 7) is 8.43. The van der Waals surface area contributed by atoms with E-state index >= 15 is 0 Å². The summed E-state index contributed by atoms with van der Waals surface area (Å²) in [4.78, 5) is 4.32. The molecule has 98 valence electrons. The topological polar surface area (TPSA) is 24.9 Å². The maximum absolute atomic E-state index is 4.32. The zero-order valence-electron chi connectivity index (χ0n) is 12.0. The van der Waals surface area contributed by atoms with Gasteiger partial charge in [-0.3, -0.25) is 0 Å². The van der Waals surface area contributed by atoms with E-state index in [1.54, 1.807) is 0 Å². The molecule has 1 N–H and O–H groups in total. The van der Waals surface area contributed by atoms with Crippen molar-refractivity contribution in [2.24, 2.45) is 0 Å². The van der Waals surface area contributed by atoms with Crippen molar-refractivity contribution in [2.75, 3.05) is 5.32 Å². The quantitative estimate of drug-likeness (QED) is 0.862. The summed E-state index contributed by atoms with van der Waals surface area (Å²) in [5.74, 6) is 0.870. The Morgan fingerprint density at radius 2 is 1.74 bits per heavy atom. The Morgan fingerprint density at radius 3 is 2.37 bits per heavy atom. The van der Waals surface area contributed by atoms with E-state index in [1.165, 1.54) is 27.8 Å². The van der Waals surface area contributed by atoms with Gasteiger partial charge >= 0.3 is 0 Å². The van der Waals surface area contributed by atoms with Gasteiger partial charge in [0.25, 0.3) is 0 Å². The summed E-state index contributed by atoms with van der Waals surface area (Å²) in [6, 6.07) is 8.60. The average molecular weight is 252 g/mol. The molecule has 1 aromatic carbocycles. The fourth-order valence-corrected chi connectivity index (χ4v) is 2.47. The third-order valence-electron chi connectivity index (χ3n) is 3.12. The molecule has 2 rings (SSSR count). The van der Waals surface area contributed by atoms with Crippen molar-refractivity contribution in [1.82, 2.24) is 4.98 Å². The minimum Gasteiger partial charge on any atom is -0.347 e. The first-order valence-electron chi connectivity index (χ1n) is 6.54. The fraction of sp³-hybridized carbons (Fsp3) is 0.235. The van der Waals surface area contributed by atoms with Crippen molar-refractivity contribution in [3.63, 3.8) is 0 Å². The Kier molecular flexibility index (Phi) is 4.00. The highest BCUT2D eigenvalue weighted by Gasteiger charge is 2.07. The van der Waals surface area contributed by atoms with Gasteiger partial charge in [-0.05, 0) is 68.3 Å². The molecule has 1 heterocycles. The molecular weight excluding hydrogens is 232 g/mol. The molecule has 2 nitrogen and oxygen atoms in total. The molecule has 0 spiro atoms. The summed E-state index contributed by atoms with van der Waals surface area (Å²) in [6.07, 6.45) is 5.69. The highest BCUT2D eigenvalue weighted by atomic mass is 15.0. The molecule has 0 bridgehead atoms. The van der Waals surface area contributed by atoms with Crippen LogP contribution >= 0.6 is 0 Å². The zero-order valence-corrected chi connectivity index (χ0v) is 12.0. The van der Waals surface area contributed by atoms with Gasteiger partial charge in [0.2, 0.25) is 0 Å². The number of hydrogen-bond donors (Lipinski definition) is 1. The van der Waals surface area contributed by atoms with Crippen LogP contribution in [0.25, 0.3) is 11.1 Å². The number of anilines is 1. The van der Waals surface area contributed by atoms with Crippen LogP contribution in [-0.4, -0.2) is 4.98 Å². The number of aryl methyl sites for hydroxylation is 3. The smallest absolute Gasteiger partial charge is 0.130 e. The zero-order chi connectivity index (χ0) is 13.8. The van der Waals surface area contributed by atoms with E-state index in [1.807, 2.05) is 25.4 Å². The summed E-state index contributed by atoms with van der Waals surface area (Å²) >= 11 is 0. The Morgan fingerprint density at radius 1 is 1.05 bits per heavy atom. The predicted molar refractivity (Wildman–Crippen MR) is 82.3 cm³/mol. The second-order valence-electron chi connectivity index (χ2n) is 4.85. The van der Waals surface area contributed by atoms with Crippen LogP contribution in [-0.2, 0) is 0 Å². The Labute approximate surface area is 115 Å². The van der Waals surface area contributed by atoms with E-state index in [4.69, 9.17) is 0 Å². The molecule has 0 radical (unpaired) electrons. The van der Waals surface area contributed by atoms with E-state index in [0.29, 0.717) is 0 Å². The second kappa shape index (κ2) is 5.70. The van der Waals surface area contributed by atoms with Crippen molar-refractivity contribution in [3.8, 4) is 11.1 Å². The van der Waals surface area contributed by atoms with Gasteiger partial charge in [-0.1, -0.05) is 23.8 Å². The predicted octanol–water partition coefficient (Wildman–Crippen LogP) is 4.62. The lowest BCUT2D eigenvalue weighted by Gasteiger charge is -2.12. The SMILES string of the molecule is C/C=C\Nc1cc(-c2c(C)cc(C)cc2C)ccn1. The van der Waals surface area contributed by atoms with E-state index in [-0.39, 0.29) is 0 Å². The third kappa shape index (κ3) is 3.02. The molecule has 0 saturated heterocycles. The number of hydrogen-bond acceptors (Lipinski definition) is 2. The van der Waals surface area contributed by atoms with Crippen molar-refractivity contribution in [2.45, 2.75) is 27.7 Å². The van der Waals surface area contributed by atoms with Gasteiger partial charge in [-0.15, -0.1) is 0 Å². The molecule has 0 aliphatic heterocycles. The lowest BCUT2D eigenvalue weighted by Crippen LogP contribution is -1.94. The average Bonchev–Trinajstić information content (AvgIpc) is 2.35. The summed E-state index contributed by atoms with van der Waals surface area (Å²) < 4.78 is 0. The van der Waals surface area contributed by atoms with Gasteiger partial charge in [0, 0.05) is 6.20 Å². The van der Waals surface area contributed by atoms with Gasteiger partial charge in [0.15, 0.2) is 0 Å². The minimum absolute atomic E-state index is 0.870. The molecule has 0 saturated carbocycles. The molecule has 0 atom stereocenters. The molecule has 0 unspecified atom stereocenters. The lowest BCUT2D eigenvalue weighted by molar-refractivity contribution is 1.28. The number of nitrogens with one attached hydrogen (secondary N) is 1. The Balaban J connectivity index is 2.47. The van der Waals surface area contributed by atoms with Crippen molar-refractivity contribution < 1.29 is 0 Å². The van der Waals surface area contributed by atoms with Gasteiger partial charge in [-0.25, -0.2) is 4.98 Å². The maximum atomic E-state index is 4.32. The van der Waals surface area contributed by atoms with Crippen molar-refractivity contribution in [3.05, 3.63) is 59.4 Å². The summed E-state index contributed by atoms with van der Waals surface area (Å²) in [5.41, 5.74) is 6.43. The number of aromatic nitrogens is 1. The van der Waals surface area contributed by atoms with Gasteiger partial charge in [-0.2, -0.15) is 0 Å². The normalized spacial score (nSPS) is 10.9. The standard InChI is InChI=1S/C17H20N2/c1-5-7-18-16-11-15(6-8-19-16)17-13(3)9-12(2)10-14(17)4/h5-11H,1-4H3,(H,18,19)/b7-5-. The van der Waals surface area contributed by atoms with Gasteiger partial charge in [0.1, 0.15) is 5.82 Å². The van der Waals surface area contributed by atoms with Crippen LogP contribution in [0.2, 0.25) is 0 Å². The summed E-state index contributed by atoms with van der Waals surface area (Å²) in [7, 11) is 0. The van der Waals surface area contributed by atoms with Crippen LogP contribution in [0.4, 0.5) is 5.82 Å². The molecule has 0 aliphatic carbocycles. The van der Waals surface area contributed by atoms with Gasteiger partial charge in [0.05, 0.1) is 0 Å². The second-order valence-corrected chi connectivity index (χ2v) is 4.85. The minimum atomic E-state index is 0.870. The molecule has 2 aromatic rings. The monoisotopic (exact) mass is 252 g/mol. The largest absolute Gasteiger partial charge is 0.347 e. The van der Waals surface area contributed by atoms with Crippen LogP contribution in [0.3, 0.4) is 0 Å². The fourth-order valence-electron chi connectivity index (χ4n) is 2.47. The number of benzene rings is 1. The number of pyridine rings is 1. The molecular formula is C17H20N2. The van der Waals surface area contributed by atoms with Crippen LogP contribution in [0.15, 0.2) is 42.7 Å². The van der Waals surface area contributed by atoms with Crippen molar-refractivity contribution >= 4 is 5.82 Å². The van der Waals surface area contributed by atoms with Crippen LogP contribution in [0, 0.1) is 20.8 Å².